The van der Waals surface area contributed by atoms with Crippen LogP contribution in [-0.4, -0.2) is 78.1 Å². The number of esters is 2. The van der Waals surface area contributed by atoms with Crippen molar-refractivity contribution in [3.8, 4) is 0 Å². The van der Waals surface area contributed by atoms with Crippen LogP contribution in [0.15, 0.2) is 39.2 Å². The number of amides is 3. The molecule has 0 aromatic carbocycles. The largest absolute Gasteiger partial charge is 0.462 e. The summed E-state index contributed by atoms with van der Waals surface area (Å²) >= 11 is 1.22. The maximum atomic E-state index is 13.0. The van der Waals surface area contributed by atoms with E-state index in [2.05, 4.69) is 10.5 Å². The van der Waals surface area contributed by atoms with Crippen LogP contribution in [0.1, 0.15) is 26.0 Å². The normalized spacial score (nSPS) is 19.1. The number of furan rings is 1. The molecule has 1 aromatic rings. The average Bonchev–Trinajstić information content (AvgIpc) is 3.37. The summed E-state index contributed by atoms with van der Waals surface area (Å²) in [5.41, 5.74) is 4.92. The maximum Gasteiger partial charge on any atom is 0.404 e. The quantitative estimate of drug-likeness (QED) is 0.131. The number of fused-ring (bicyclic) bond motifs is 1. The minimum absolute atomic E-state index is 0.0488. The van der Waals surface area contributed by atoms with E-state index in [4.69, 9.17) is 29.2 Å². The van der Waals surface area contributed by atoms with E-state index >= 15 is 0 Å². The van der Waals surface area contributed by atoms with Crippen molar-refractivity contribution in [2.75, 3.05) is 26.3 Å². The first-order valence-corrected chi connectivity index (χ1v) is 12.1. The fourth-order valence-electron chi connectivity index (χ4n) is 3.46. The van der Waals surface area contributed by atoms with Gasteiger partial charge in [0.15, 0.2) is 5.76 Å². The molecule has 1 fully saturated rings. The molecular formula is C22H26N4O10S. The molecule has 3 heterocycles. The van der Waals surface area contributed by atoms with Crippen molar-refractivity contribution in [3.05, 3.63) is 35.4 Å². The summed E-state index contributed by atoms with van der Waals surface area (Å²) in [5, 5.41) is 5.55. The van der Waals surface area contributed by atoms with E-state index in [1.54, 1.807) is 6.07 Å². The second-order valence-corrected chi connectivity index (χ2v) is 9.29. The van der Waals surface area contributed by atoms with Crippen LogP contribution in [0, 0.1) is 5.92 Å². The summed E-state index contributed by atoms with van der Waals surface area (Å²) in [6, 6.07) is 2.04. The Morgan fingerprint density at radius 2 is 2.03 bits per heavy atom. The smallest absolute Gasteiger partial charge is 0.404 e. The first-order chi connectivity index (χ1) is 17.6. The van der Waals surface area contributed by atoms with Crippen LogP contribution in [0.2, 0.25) is 0 Å². The van der Waals surface area contributed by atoms with Crippen molar-refractivity contribution < 1.29 is 47.4 Å². The van der Waals surface area contributed by atoms with Crippen LogP contribution in [-0.2, 0) is 38.2 Å². The second kappa shape index (κ2) is 12.3. The minimum Gasteiger partial charge on any atom is -0.462 e. The molecule has 0 bridgehead atoms. The van der Waals surface area contributed by atoms with Gasteiger partial charge < -0.3 is 34.5 Å². The van der Waals surface area contributed by atoms with Gasteiger partial charge in [-0.3, -0.25) is 19.3 Å². The zero-order chi connectivity index (χ0) is 27.1. The van der Waals surface area contributed by atoms with Gasteiger partial charge >= 0.3 is 18.0 Å². The summed E-state index contributed by atoms with van der Waals surface area (Å²) < 4.78 is 20.0. The van der Waals surface area contributed by atoms with Gasteiger partial charge in [-0.25, -0.2) is 9.59 Å². The molecule has 1 saturated heterocycles. The van der Waals surface area contributed by atoms with Crippen LogP contribution < -0.4 is 11.1 Å². The third-order valence-corrected chi connectivity index (χ3v) is 6.39. The maximum absolute atomic E-state index is 13.0. The van der Waals surface area contributed by atoms with Gasteiger partial charge in [-0.15, -0.1) is 11.8 Å². The number of nitrogens with zero attached hydrogens (tertiary/aromatic N) is 2. The highest BCUT2D eigenvalue weighted by atomic mass is 32.2. The van der Waals surface area contributed by atoms with Crippen molar-refractivity contribution in [1.29, 1.82) is 0 Å². The number of nitrogens with two attached hydrogens (primary N) is 1. The molecule has 15 heteroatoms. The Morgan fingerprint density at radius 3 is 2.65 bits per heavy atom. The number of hydrogen-bond donors (Lipinski definition) is 2. The lowest BCUT2D eigenvalue weighted by Crippen LogP contribution is -2.71. The number of primary amides is 1. The van der Waals surface area contributed by atoms with Crippen molar-refractivity contribution in [2.24, 2.45) is 16.8 Å². The SMILES string of the molecule is CO/N=C(/C(=O)N[C@@H]1C(=O)N2C(C(=O)OCOC(=O)CC(C)C)=C(COC(N)=O)CS[C@H]12)c1ccco1. The van der Waals surface area contributed by atoms with Crippen molar-refractivity contribution in [3.63, 3.8) is 0 Å². The number of ether oxygens (including phenoxy) is 3. The molecule has 0 spiro atoms. The molecule has 2 aliphatic heterocycles. The molecule has 3 N–H and O–H groups in total. The van der Waals surface area contributed by atoms with E-state index in [0.717, 1.165) is 4.90 Å². The van der Waals surface area contributed by atoms with E-state index < -0.39 is 48.1 Å². The summed E-state index contributed by atoms with van der Waals surface area (Å²) in [6.07, 6.45) is 0.409. The molecule has 3 rings (SSSR count). The number of hydrogen-bond acceptors (Lipinski definition) is 12. The molecule has 200 valence electrons. The topological polar surface area (TPSA) is 189 Å². The zero-order valence-electron chi connectivity index (χ0n) is 20.3. The molecule has 3 amide bonds. The van der Waals surface area contributed by atoms with Crippen LogP contribution >= 0.6 is 11.8 Å². The Hall–Kier alpha value is -4.01. The number of thioether (sulfide) groups is 1. The molecule has 2 aliphatic rings. The fourth-order valence-corrected chi connectivity index (χ4v) is 4.79. The monoisotopic (exact) mass is 538 g/mol. The summed E-state index contributed by atoms with van der Waals surface area (Å²) in [4.78, 5) is 67.4. The molecule has 0 aliphatic carbocycles. The van der Waals surface area contributed by atoms with Crippen LogP contribution in [0.4, 0.5) is 4.79 Å². The predicted molar refractivity (Wildman–Crippen MR) is 126 cm³/mol. The Bertz CT molecular complexity index is 1110. The Labute approximate surface area is 215 Å². The number of nitrogens with one attached hydrogen (secondary N) is 1. The van der Waals surface area contributed by atoms with Gasteiger partial charge in [0.2, 0.25) is 12.5 Å². The van der Waals surface area contributed by atoms with E-state index in [1.165, 1.54) is 31.2 Å². The van der Waals surface area contributed by atoms with Crippen LogP contribution in [0.3, 0.4) is 0 Å². The van der Waals surface area contributed by atoms with Gasteiger partial charge in [0.05, 0.1) is 6.26 Å². The summed E-state index contributed by atoms with van der Waals surface area (Å²) in [7, 11) is 1.25. The predicted octanol–water partition coefficient (Wildman–Crippen LogP) is 0.469. The van der Waals surface area contributed by atoms with Crippen molar-refractivity contribution in [2.45, 2.75) is 31.7 Å². The highest BCUT2D eigenvalue weighted by Crippen LogP contribution is 2.40. The Kier molecular flexibility index (Phi) is 9.16. The molecule has 0 unspecified atom stereocenters. The third-order valence-electron chi connectivity index (χ3n) is 5.05. The number of β-lactam (4-membered cyclic amide) rings is 1. The highest BCUT2D eigenvalue weighted by Gasteiger charge is 2.55. The molecular weight excluding hydrogens is 512 g/mol. The van der Waals surface area contributed by atoms with E-state index in [0.29, 0.717) is 0 Å². The number of rotatable bonds is 11. The molecule has 37 heavy (non-hydrogen) atoms. The molecule has 0 saturated carbocycles. The van der Waals surface area contributed by atoms with Crippen LogP contribution in [0.25, 0.3) is 0 Å². The average molecular weight is 539 g/mol. The summed E-state index contributed by atoms with van der Waals surface area (Å²) in [5.74, 6) is -2.55. The first kappa shape index (κ1) is 27.6. The number of carbonyl (C=O) groups is 5. The van der Waals surface area contributed by atoms with Crippen molar-refractivity contribution >= 4 is 47.3 Å². The molecule has 1 aromatic heterocycles. The highest BCUT2D eigenvalue weighted by molar-refractivity contribution is 8.00. The zero-order valence-corrected chi connectivity index (χ0v) is 21.1. The first-order valence-electron chi connectivity index (χ1n) is 11.0. The number of oxime groups is 1. The number of carbonyl (C=O) groups excluding carboxylic acids is 5. The molecule has 14 nitrogen and oxygen atoms in total. The Balaban J connectivity index is 1.74. The molecule has 0 radical (unpaired) electrons. The van der Waals surface area contributed by atoms with Gasteiger partial charge in [0.25, 0.3) is 11.8 Å². The van der Waals surface area contributed by atoms with Gasteiger partial charge in [-0.2, -0.15) is 0 Å². The lowest BCUT2D eigenvalue weighted by Gasteiger charge is -2.49. The molecule has 2 atom stereocenters. The van der Waals surface area contributed by atoms with Gasteiger partial charge in [0.1, 0.15) is 30.8 Å². The van der Waals surface area contributed by atoms with Gasteiger partial charge in [-0.05, 0) is 18.1 Å². The summed E-state index contributed by atoms with van der Waals surface area (Å²) in [6.45, 7) is 2.62. The minimum atomic E-state index is -1.07. The standard InChI is InChI=1S/C22H26N4O10S/c1-11(2)7-14(27)35-10-36-21(30)17-12(8-34-22(23)31)9-37-20-16(19(29)26(17)20)24-18(28)15(25-32-3)13-5-4-6-33-13/h4-6,11,16,20H,7-10H2,1-3H3,(H2,23,31)(H,24,28)/b25-15+/t16-,20-/m1/s1. The van der Waals surface area contributed by atoms with Crippen molar-refractivity contribution in [1.82, 2.24) is 10.2 Å². The lowest BCUT2D eigenvalue weighted by atomic mass is 10.0. The van der Waals surface area contributed by atoms with Crippen LogP contribution in [0.5, 0.6) is 0 Å². The van der Waals surface area contributed by atoms with E-state index in [1.807, 2.05) is 13.8 Å². The Morgan fingerprint density at radius 1 is 1.27 bits per heavy atom. The second-order valence-electron chi connectivity index (χ2n) is 8.18. The van der Waals surface area contributed by atoms with E-state index in [-0.39, 0.29) is 47.4 Å². The fraction of sp³-hybridized carbons (Fsp3) is 0.455. The lowest BCUT2D eigenvalue weighted by molar-refractivity contribution is -0.168. The third kappa shape index (κ3) is 6.61. The van der Waals surface area contributed by atoms with Gasteiger partial charge in [-0.1, -0.05) is 19.0 Å². The van der Waals surface area contributed by atoms with E-state index in [9.17, 15) is 24.0 Å². The van der Waals surface area contributed by atoms with Gasteiger partial charge in [0, 0.05) is 17.7 Å².